The molecule has 6 nitrogen and oxygen atoms in total. The van der Waals surface area contributed by atoms with Crippen LogP contribution in [-0.4, -0.2) is 24.2 Å². The van der Waals surface area contributed by atoms with Crippen molar-refractivity contribution in [3.63, 3.8) is 0 Å². The molecule has 0 saturated heterocycles. The Bertz CT molecular complexity index is 492. The highest BCUT2D eigenvalue weighted by molar-refractivity contribution is 5.69. The molecule has 0 bridgehead atoms. The SMILES string of the molecule is COCC(C)(C)Nc1cccc(C#N)c1[N+](=O)[O-]. The lowest BCUT2D eigenvalue weighted by atomic mass is 10.1. The first kappa shape index (κ1) is 13.9. The second kappa shape index (κ2) is 5.47. The fourth-order valence-electron chi connectivity index (χ4n) is 1.69. The smallest absolute Gasteiger partial charge is 0.309 e. The number of hydrogen-bond donors (Lipinski definition) is 1. The molecule has 0 aliphatic carbocycles. The Kier molecular flexibility index (Phi) is 4.23. The van der Waals surface area contributed by atoms with Crippen LogP contribution in [0.1, 0.15) is 19.4 Å². The van der Waals surface area contributed by atoms with Gasteiger partial charge < -0.3 is 10.1 Å². The first-order valence-electron chi connectivity index (χ1n) is 5.36. The predicted octanol–water partition coefficient (Wildman–Crippen LogP) is 2.30. The van der Waals surface area contributed by atoms with E-state index in [4.69, 9.17) is 10.00 Å². The highest BCUT2D eigenvalue weighted by atomic mass is 16.6. The zero-order valence-electron chi connectivity index (χ0n) is 10.6. The number of para-hydroxylation sites is 1. The van der Waals surface area contributed by atoms with Crippen LogP contribution in [0.25, 0.3) is 0 Å². The predicted molar refractivity (Wildman–Crippen MR) is 67.4 cm³/mol. The Balaban J connectivity index is 3.18. The summed E-state index contributed by atoms with van der Waals surface area (Å²) in [5.74, 6) is 0. The molecule has 1 rings (SSSR count). The van der Waals surface area contributed by atoms with E-state index in [0.29, 0.717) is 12.3 Å². The Hall–Kier alpha value is -2.13. The van der Waals surface area contributed by atoms with Gasteiger partial charge in [0.1, 0.15) is 17.3 Å². The van der Waals surface area contributed by atoms with Gasteiger partial charge >= 0.3 is 5.69 Å². The maximum Gasteiger partial charge on any atom is 0.309 e. The molecule has 96 valence electrons. The zero-order valence-corrected chi connectivity index (χ0v) is 10.6. The van der Waals surface area contributed by atoms with E-state index in [-0.39, 0.29) is 11.3 Å². The van der Waals surface area contributed by atoms with Gasteiger partial charge in [0.25, 0.3) is 0 Å². The summed E-state index contributed by atoms with van der Waals surface area (Å²) in [6, 6.07) is 6.43. The molecule has 0 heterocycles. The molecule has 0 amide bonds. The highest BCUT2D eigenvalue weighted by Crippen LogP contribution is 2.30. The fourth-order valence-corrected chi connectivity index (χ4v) is 1.69. The van der Waals surface area contributed by atoms with Crippen molar-refractivity contribution in [2.75, 3.05) is 19.0 Å². The minimum Gasteiger partial charge on any atom is -0.382 e. The van der Waals surface area contributed by atoms with Crippen molar-refractivity contribution < 1.29 is 9.66 Å². The average molecular weight is 249 g/mol. The van der Waals surface area contributed by atoms with Gasteiger partial charge in [0, 0.05) is 7.11 Å². The number of anilines is 1. The molecule has 0 aromatic heterocycles. The number of methoxy groups -OCH3 is 1. The minimum atomic E-state index is -0.552. The number of nitriles is 1. The molecule has 18 heavy (non-hydrogen) atoms. The summed E-state index contributed by atoms with van der Waals surface area (Å²) in [7, 11) is 1.56. The molecule has 6 heteroatoms. The highest BCUT2D eigenvalue weighted by Gasteiger charge is 2.25. The third-order valence-electron chi connectivity index (χ3n) is 2.32. The lowest BCUT2D eigenvalue weighted by Crippen LogP contribution is -2.36. The molecule has 0 fully saturated rings. The van der Waals surface area contributed by atoms with Crippen molar-refractivity contribution in [1.29, 1.82) is 5.26 Å². The standard InChI is InChI=1S/C12H15N3O3/c1-12(2,8-18-3)14-10-6-4-5-9(7-13)11(10)15(16)17/h4-6,14H,8H2,1-3H3. The first-order valence-corrected chi connectivity index (χ1v) is 5.36. The van der Waals surface area contributed by atoms with Crippen LogP contribution in [0.15, 0.2) is 18.2 Å². The van der Waals surface area contributed by atoms with Gasteiger partial charge in [-0.1, -0.05) is 6.07 Å². The van der Waals surface area contributed by atoms with Crippen molar-refractivity contribution in [3.8, 4) is 6.07 Å². The summed E-state index contributed by atoms with van der Waals surface area (Å²) in [5.41, 5.74) is -0.309. The number of benzene rings is 1. The summed E-state index contributed by atoms with van der Waals surface area (Å²) >= 11 is 0. The van der Waals surface area contributed by atoms with Crippen LogP contribution >= 0.6 is 0 Å². The summed E-state index contributed by atoms with van der Waals surface area (Å²) < 4.78 is 5.04. The van der Waals surface area contributed by atoms with E-state index in [2.05, 4.69) is 5.32 Å². The molecule has 0 spiro atoms. The van der Waals surface area contributed by atoms with E-state index in [9.17, 15) is 10.1 Å². The minimum absolute atomic E-state index is 0.0400. The molecule has 1 N–H and O–H groups in total. The molecule has 0 aliphatic heterocycles. The molecule has 0 unspecified atom stereocenters. The van der Waals surface area contributed by atoms with Crippen molar-refractivity contribution in [2.24, 2.45) is 0 Å². The van der Waals surface area contributed by atoms with Gasteiger partial charge in [-0.3, -0.25) is 10.1 Å². The number of nitrogens with zero attached hydrogens (tertiary/aromatic N) is 2. The lowest BCUT2D eigenvalue weighted by Gasteiger charge is -2.26. The van der Waals surface area contributed by atoms with Crippen LogP contribution in [0.3, 0.4) is 0 Å². The van der Waals surface area contributed by atoms with Crippen LogP contribution in [0, 0.1) is 21.4 Å². The molecular formula is C12H15N3O3. The van der Waals surface area contributed by atoms with Crippen molar-refractivity contribution >= 4 is 11.4 Å². The third kappa shape index (κ3) is 3.18. The summed E-state index contributed by atoms with van der Waals surface area (Å²) in [5, 5.41) is 22.9. The van der Waals surface area contributed by atoms with E-state index in [1.807, 2.05) is 19.9 Å². The van der Waals surface area contributed by atoms with Gasteiger partial charge in [-0.2, -0.15) is 5.26 Å². The van der Waals surface area contributed by atoms with E-state index in [1.54, 1.807) is 19.2 Å². The Labute approximate surface area is 105 Å². The summed E-state index contributed by atoms with van der Waals surface area (Å²) in [6.45, 7) is 4.11. The summed E-state index contributed by atoms with van der Waals surface area (Å²) in [4.78, 5) is 10.5. The van der Waals surface area contributed by atoms with E-state index >= 15 is 0 Å². The normalized spacial score (nSPS) is 10.8. The molecule has 1 aromatic rings. The fraction of sp³-hybridized carbons (Fsp3) is 0.417. The Morgan fingerprint density at radius 2 is 2.22 bits per heavy atom. The quantitative estimate of drug-likeness (QED) is 0.639. The van der Waals surface area contributed by atoms with Crippen molar-refractivity contribution in [3.05, 3.63) is 33.9 Å². The second-order valence-corrected chi connectivity index (χ2v) is 4.51. The van der Waals surface area contributed by atoms with E-state index in [0.717, 1.165) is 0 Å². The number of rotatable bonds is 5. The Morgan fingerprint density at radius 3 is 2.72 bits per heavy atom. The number of ether oxygens (including phenoxy) is 1. The third-order valence-corrected chi connectivity index (χ3v) is 2.32. The molecule has 0 radical (unpaired) electrons. The number of nitro groups is 1. The number of nitro benzene ring substituents is 1. The van der Waals surface area contributed by atoms with Gasteiger partial charge in [-0.05, 0) is 26.0 Å². The van der Waals surface area contributed by atoms with Crippen LogP contribution in [0.2, 0.25) is 0 Å². The van der Waals surface area contributed by atoms with Gasteiger partial charge in [0.05, 0.1) is 17.1 Å². The van der Waals surface area contributed by atoms with Gasteiger partial charge in [0.2, 0.25) is 0 Å². The van der Waals surface area contributed by atoms with Crippen molar-refractivity contribution in [2.45, 2.75) is 19.4 Å². The van der Waals surface area contributed by atoms with Gasteiger partial charge in [-0.15, -0.1) is 0 Å². The monoisotopic (exact) mass is 249 g/mol. The largest absolute Gasteiger partial charge is 0.382 e. The van der Waals surface area contributed by atoms with Crippen LogP contribution in [-0.2, 0) is 4.74 Å². The second-order valence-electron chi connectivity index (χ2n) is 4.51. The summed E-state index contributed by atoms with van der Waals surface area (Å²) in [6.07, 6.45) is 0. The lowest BCUT2D eigenvalue weighted by molar-refractivity contribution is -0.384. The zero-order chi connectivity index (χ0) is 13.8. The molecular weight excluding hydrogens is 234 g/mol. The number of nitrogens with one attached hydrogen (secondary N) is 1. The van der Waals surface area contributed by atoms with E-state index in [1.165, 1.54) is 6.07 Å². The van der Waals surface area contributed by atoms with Crippen molar-refractivity contribution in [1.82, 2.24) is 0 Å². The maximum atomic E-state index is 11.0. The van der Waals surface area contributed by atoms with Crippen LogP contribution < -0.4 is 5.32 Å². The van der Waals surface area contributed by atoms with Gasteiger partial charge in [0.15, 0.2) is 0 Å². The Morgan fingerprint density at radius 1 is 1.56 bits per heavy atom. The maximum absolute atomic E-state index is 11.0. The van der Waals surface area contributed by atoms with Crippen LogP contribution in [0.5, 0.6) is 0 Å². The first-order chi connectivity index (χ1) is 8.41. The molecule has 0 saturated carbocycles. The van der Waals surface area contributed by atoms with Crippen LogP contribution in [0.4, 0.5) is 11.4 Å². The topological polar surface area (TPSA) is 88.2 Å². The van der Waals surface area contributed by atoms with E-state index < -0.39 is 10.5 Å². The molecule has 0 aliphatic rings. The molecule has 0 atom stereocenters. The van der Waals surface area contributed by atoms with Gasteiger partial charge in [-0.25, -0.2) is 0 Å². The molecule has 1 aromatic carbocycles. The average Bonchev–Trinajstić information content (AvgIpc) is 2.27. The number of hydrogen-bond acceptors (Lipinski definition) is 5.